The van der Waals surface area contributed by atoms with Gasteiger partial charge in [-0.1, -0.05) is 6.07 Å². The second kappa shape index (κ2) is 7.90. The molecule has 0 aliphatic carbocycles. The number of carbonyl (C=O) groups excluding carboxylic acids is 1. The maximum absolute atomic E-state index is 12.6. The normalized spacial score (nSPS) is 18.0. The van der Waals surface area contributed by atoms with Crippen LogP contribution in [0.3, 0.4) is 0 Å². The Morgan fingerprint density at radius 3 is 2.62 bits per heavy atom. The second-order valence-corrected chi connectivity index (χ2v) is 8.90. The van der Waals surface area contributed by atoms with Gasteiger partial charge in [-0.05, 0) is 39.3 Å². The number of amides is 1. The fourth-order valence-electron chi connectivity index (χ4n) is 3.12. The summed E-state index contributed by atoms with van der Waals surface area (Å²) in [6.07, 6.45) is 3.47. The van der Waals surface area contributed by atoms with Crippen LogP contribution in [-0.2, 0) is 5.54 Å². The summed E-state index contributed by atoms with van der Waals surface area (Å²) in [5.41, 5.74) is 0.487. The molecule has 0 bridgehead atoms. The van der Waals surface area contributed by atoms with Gasteiger partial charge in [0, 0.05) is 43.8 Å². The molecular formula is C19H29N5OS. The average Bonchev–Trinajstić information content (AvgIpc) is 3.28. The molecule has 6 nitrogen and oxygen atoms in total. The van der Waals surface area contributed by atoms with Crippen molar-refractivity contribution in [1.82, 2.24) is 24.9 Å². The molecule has 26 heavy (non-hydrogen) atoms. The maximum atomic E-state index is 12.6. The molecule has 1 saturated heterocycles. The Kier molecular flexibility index (Phi) is 5.79. The van der Waals surface area contributed by atoms with E-state index in [1.165, 1.54) is 4.88 Å². The first-order chi connectivity index (χ1) is 12.3. The van der Waals surface area contributed by atoms with Crippen molar-refractivity contribution in [1.29, 1.82) is 0 Å². The Bertz CT molecular complexity index is 711. The highest BCUT2D eigenvalue weighted by Crippen LogP contribution is 2.25. The van der Waals surface area contributed by atoms with Crippen molar-refractivity contribution in [2.75, 3.05) is 39.8 Å². The Morgan fingerprint density at radius 2 is 2.04 bits per heavy atom. The SMILES string of the molecule is CN1CCN([C@H](CNC(=O)c2cnn(C(C)(C)C)c2)c2cccs2)CC1. The molecule has 1 aliphatic heterocycles. The van der Waals surface area contributed by atoms with E-state index in [-0.39, 0.29) is 17.5 Å². The number of aromatic nitrogens is 2. The quantitative estimate of drug-likeness (QED) is 0.872. The predicted molar refractivity (Wildman–Crippen MR) is 106 cm³/mol. The van der Waals surface area contributed by atoms with E-state index in [9.17, 15) is 4.79 Å². The van der Waals surface area contributed by atoms with E-state index in [2.05, 4.69) is 65.5 Å². The number of carbonyl (C=O) groups is 1. The largest absolute Gasteiger partial charge is 0.350 e. The number of rotatable bonds is 5. The van der Waals surface area contributed by atoms with E-state index in [1.807, 2.05) is 10.9 Å². The molecule has 3 heterocycles. The Balaban J connectivity index is 1.66. The summed E-state index contributed by atoms with van der Waals surface area (Å²) in [6, 6.07) is 4.47. The van der Waals surface area contributed by atoms with Crippen LogP contribution >= 0.6 is 11.3 Å². The van der Waals surface area contributed by atoms with Gasteiger partial charge in [-0.2, -0.15) is 5.10 Å². The summed E-state index contributed by atoms with van der Waals surface area (Å²) in [7, 11) is 2.16. The summed E-state index contributed by atoms with van der Waals surface area (Å²) in [5.74, 6) is -0.0591. The molecule has 0 unspecified atom stereocenters. The zero-order valence-corrected chi connectivity index (χ0v) is 16.9. The molecule has 0 saturated carbocycles. The van der Waals surface area contributed by atoms with Crippen molar-refractivity contribution >= 4 is 17.2 Å². The molecule has 142 valence electrons. The lowest BCUT2D eigenvalue weighted by Crippen LogP contribution is -2.48. The highest BCUT2D eigenvalue weighted by atomic mass is 32.1. The van der Waals surface area contributed by atoms with Crippen LogP contribution in [0.1, 0.15) is 42.0 Å². The number of piperazine rings is 1. The molecule has 1 aliphatic rings. The van der Waals surface area contributed by atoms with Gasteiger partial charge in [-0.3, -0.25) is 14.4 Å². The van der Waals surface area contributed by atoms with Crippen LogP contribution in [0.25, 0.3) is 0 Å². The fourth-order valence-corrected chi connectivity index (χ4v) is 3.98. The van der Waals surface area contributed by atoms with Gasteiger partial charge >= 0.3 is 0 Å². The summed E-state index contributed by atoms with van der Waals surface area (Å²) < 4.78 is 1.83. The van der Waals surface area contributed by atoms with Crippen molar-refractivity contribution in [2.24, 2.45) is 0 Å². The number of likely N-dealkylation sites (N-methyl/N-ethyl adjacent to an activating group) is 1. The van der Waals surface area contributed by atoms with Crippen LogP contribution in [0, 0.1) is 0 Å². The number of hydrogen-bond acceptors (Lipinski definition) is 5. The van der Waals surface area contributed by atoms with E-state index >= 15 is 0 Å². The summed E-state index contributed by atoms with van der Waals surface area (Å²) in [6.45, 7) is 11.0. The Morgan fingerprint density at radius 1 is 1.31 bits per heavy atom. The minimum absolute atomic E-state index is 0.0591. The predicted octanol–water partition coefficient (Wildman–Crippen LogP) is 2.42. The van der Waals surface area contributed by atoms with E-state index in [4.69, 9.17) is 0 Å². The van der Waals surface area contributed by atoms with E-state index in [0.29, 0.717) is 12.1 Å². The third kappa shape index (κ3) is 4.52. The molecule has 2 aromatic rings. The van der Waals surface area contributed by atoms with Gasteiger partial charge in [-0.25, -0.2) is 0 Å². The topological polar surface area (TPSA) is 53.4 Å². The monoisotopic (exact) mass is 375 g/mol. The molecule has 3 rings (SSSR count). The third-order valence-corrected chi connectivity index (χ3v) is 5.81. The highest BCUT2D eigenvalue weighted by molar-refractivity contribution is 7.10. The molecule has 1 atom stereocenters. The highest BCUT2D eigenvalue weighted by Gasteiger charge is 2.25. The number of nitrogens with one attached hydrogen (secondary N) is 1. The zero-order valence-electron chi connectivity index (χ0n) is 16.1. The van der Waals surface area contributed by atoms with Crippen molar-refractivity contribution < 1.29 is 4.79 Å². The molecule has 0 radical (unpaired) electrons. The first-order valence-corrected chi connectivity index (χ1v) is 10.0. The lowest BCUT2D eigenvalue weighted by Gasteiger charge is -2.37. The second-order valence-electron chi connectivity index (χ2n) is 7.92. The standard InChI is InChI=1S/C19H29N5OS/c1-19(2,3)24-14-15(12-21-24)18(25)20-13-16(17-6-5-11-26-17)23-9-7-22(4)8-10-23/h5-6,11-12,14,16H,7-10,13H2,1-4H3,(H,20,25)/t16-/m1/s1. The fraction of sp³-hybridized carbons (Fsp3) is 0.579. The van der Waals surface area contributed by atoms with Crippen LogP contribution in [-0.4, -0.2) is 65.3 Å². The Hall–Kier alpha value is -1.70. The van der Waals surface area contributed by atoms with Gasteiger partial charge in [0.25, 0.3) is 5.91 Å². The summed E-state index contributed by atoms with van der Waals surface area (Å²) in [4.78, 5) is 18.7. The molecule has 0 aromatic carbocycles. The van der Waals surface area contributed by atoms with E-state index < -0.39 is 0 Å². The first-order valence-electron chi connectivity index (χ1n) is 9.14. The summed E-state index contributed by atoms with van der Waals surface area (Å²) in [5, 5.41) is 9.55. The maximum Gasteiger partial charge on any atom is 0.254 e. The average molecular weight is 376 g/mol. The van der Waals surface area contributed by atoms with Gasteiger partial charge in [-0.15, -0.1) is 11.3 Å². The zero-order chi connectivity index (χ0) is 18.7. The van der Waals surface area contributed by atoms with Crippen molar-refractivity contribution in [2.45, 2.75) is 32.4 Å². The molecule has 1 fully saturated rings. The number of thiophene rings is 1. The van der Waals surface area contributed by atoms with Crippen LogP contribution in [0.2, 0.25) is 0 Å². The van der Waals surface area contributed by atoms with Crippen LogP contribution in [0.5, 0.6) is 0 Å². The number of hydrogen-bond donors (Lipinski definition) is 1. The van der Waals surface area contributed by atoms with Crippen LogP contribution in [0.15, 0.2) is 29.9 Å². The molecule has 1 amide bonds. The summed E-state index contributed by atoms with van der Waals surface area (Å²) >= 11 is 1.76. The molecule has 1 N–H and O–H groups in total. The number of nitrogens with zero attached hydrogens (tertiary/aromatic N) is 4. The van der Waals surface area contributed by atoms with E-state index in [0.717, 1.165) is 26.2 Å². The van der Waals surface area contributed by atoms with E-state index in [1.54, 1.807) is 17.5 Å². The third-order valence-electron chi connectivity index (χ3n) is 4.84. The van der Waals surface area contributed by atoms with Gasteiger partial charge in [0.05, 0.1) is 23.3 Å². The lowest BCUT2D eigenvalue weighted by atomic mass is 10.1. The lowest BCUT2D eigenvalue weighted by molar-refractivity contribution is 0.0890. The van der Waals surface area contributed by atoms with Crippen molar-refractivity contribution in [3.63, 3.8) is 0 Å². The van der Waals surface area contributed by atoms with Crippen molar-refractivity contribution in [3.8, 4) is 0 Å². The van der Waals surface area contributed by atoms with Gasteiger partial charge in [0.1, 0.15) is 0 Å². The van der Waals surface area contributed by atoms with Crippen LogP contribution < -0.4 is 5.32 Å². The molecule has 0 spiro atoms. The molecule has 2 aromatic heterocycles. The van der Waals surface area contributed by atoms with Crippen molar-refractivity contribution in [3.05, 3.63) is 40.3 Å². The minimum Gasteiger partial charge on any atom is -0.350 e. The van der Waals surface area contributed by atoms with Gasteiger partial charge in [0.2, 0.25) is 0 Å². The smallest absolute Gasteiger partial charge is 0.254 e. The molecule has 7 heteroatoms. The van der Waals surface area contributed by atoms with Crippen LogP contribution in [0.4, 0.5) is 0 Å². The molecular weight excluding hydrogens is 346 g/mol. The van der Waals surface area contributed by atoms with Gasteiger partial charge in [0.15, 0.2) is 0 Å². The van der Waals surface area contributed by atoms with Gasteiger partial charge < -0.3 is 10.2 Å². The minimum atomic E-state index is -0.127. The first kappa shape index (κ1) is 19.1. The Labute approximate surface area is 159 Å².